The number of aryl methyl sites for hydroxylation is 1. The molecule has 2 rings (SSSR count). The third kappa shape index (κ3) is 2.30. The molecule has 2 nitrogen and oxygen atoms in total. The SMILES string of the molecule is CCn1cc[n+](Cc2c(C)c#ccc2Cl)c1C. The monoisotopic (exact) mass is 247 g/mol. The predicted octanol–water partition coefficient (Wildman–Crippen LogP) is 2.71. The second-order valence-electron chi connectivity index (χ2n) is 4.12. The highest BCUT2D eigenvalue weighted by Gasteiger charge is 2.13. The van der Waals surface area contributed by atoms with Crippen molar-refractivity contribution in [3.63, 3.8) is 0 Å². The number of rotatable bonds is 3. The van der Waals surface area contributed by atoms with Crippen LogP contribution in [0.15, 0.2) is 18.5 Å². The molecular formula is C14H16ClN2+. The van der Waals surface area contributed by atoms with E-state index >= 15 is 0 Å². The molecule has 0 saturated carbocycles. The minimum atomic E-state index is 0.761. The lowest BCUT2D eigenvalue weighted by molar-refractivity contribution is -0.694. The largest absolute Gasteiger partial charge is 0.253 e. The van der Waals surface area contributed by atoms with Crippen LogP contribution in [0.25, 0.3) is 0 Å². The predicted molar refractivity (Wildman–Crippen MR) is 68.0 cm³/mol. The normalized spacial score (nSPS) is 10.4. The topological polar surface area (TPSA) is 8.81 Å². The zero-order valence-corrected chi connectivity index (χ0v) is 11.2. The van der Waals surface area contributed by atoms with E-state index in [1.54, 1.807) is 6.07 Å². The highest BCUT2D eigenvalue weighted by Crippen LogP contribution is 2.16. The molecule has 1 heterocycles. The van der Waals surface area contributed by atoms with E-state index in [-0.39, 0.29) is 0 Å². The second-order valence-corrected chi connectivity index (χ2v) is 4.53. The number of hydrogen-bond acceptors (Lipinski definition) is 0. The molecule has 0 saturated heterocycles. The average Bonchev–Trinajstić information content (AvgIpc) is 2.65. The quantitative estimate of drug-likeness (QED) is 0.738. The molecule has 0 aliphatic rings. The van der Waals surface area contributed by atoms with Crippen molar-refractivity contribution >= 4 is 11.6 Å². The third-order valence-corrected chi connectivity index (χ3v) is 3.46. The summed E-state index contributed by atoms with van der Waals surface area (Å²) in [6, 6.07) is 7.76. The van der Waals surface area contributed by atoms with E-state index < -0.39 is 0 Å². The summed E-state index contributed by atoms with van der Waals surface area (Å²) in [5.74, 6) is 1.23. The van der Waals surface area contributed by atoms with Gasteiger partial charge in [-0.3, -0.25) is 0 Å². The van der Waals surface area contributed by atoms with Crippen molar-refractivity contribution in [1.82, 2.24) is 4.57 Å². The molecule has 0 atom stereocenters. The van der Waals surface area contributed by atoms with Gasteiger partial charge in [0.05, 0.1) is 11.6 Å². The van der Waals surface area contributed by atoms with Gasteiger partial charge in [-0.05, 0) is 13.8 Å². The molecule has 0 fully saturated rings. The van der Waals surface area contributed by atoms with Gasteiger partial charge in [0.1, 0.15) is 18.9 Å². The van der Waals surface area contributed by atoms with Crippen LogP contribution in [0.4, 0.5) is 0 Å². The zero-order chi connectivity index (χ0) is 12.4. The van der Waals surface area contributed by atoms with Crippen LogP contribution in [0.3, 0.4) is 0 Å². The van der Waals surface area contributed by atoms with Crippen molar-refractivity contribution in [1.29, 1.82) is 0 Å². The molecule has 0 unspecified atom stereocenters. The number of aromatic nitrogens is 2. The Balaban J connectivity index is 2.35. The molecule has 1 aromatic heterocycles. The maximum absolute atomic E-state index is 6.20. The lowest BCUT2D eigenvalue weighted by Gasteiger charge is -2.04. The Morgan fingerprint density at radius 3 is 2.76 bits per heavy atom. The molecular weight excluding hydrogens is 232 g/mol. The number of nitrogens with zero attached hydrogens (tertiary/aromatic N) is 2. The molecule has 88 valence electrons. The van der Waals surface area contributed by atoms with Gasteiger partial charge in [0, 0.05) is 24.1 Å². The van der Waals surface area contributed by atoms with Crippen LogP contribution in [0.5, 0.6) is 0 Å². The number of imidazole rings is 1. The van der Waals surface area contributed by atoms with Crippen molar-refractivity contribution in [2.75, 3.05) is 0 Å². The smallest absolute Gasteiger partial charge is 0.235 e. The van der Waals surface area contributed by atoms with E-state index in [1.165, 1.54) is 5.82 Å². The molecule has 3 heteroatoms. The first-order valence-electron chi connectivity index (χ1n) is 5.76. The van der Waals surface area contributed by atoms with Gasteiger partial charge in [-0.1, -0.05) is 23.7 Å². The Bertz CT molecular complexity index is 509. The Morgan fingerprint density at radius 1 is 1.41 bits per heavy atom. The van der Waals surface area contributed by atoms with E-state index in [9.17, 15) is 0 Å². The van der Waals surface area contributed by atoms with Gasteiger partial charge in [0.2, 0.25) is 0 Å². The summed E-state index contributed by atoms with van der Waals surface area (Å²) in [5.41, 5.74) is 2.18. The van der Waals surface area contributed by atoms with E-state index in [0.717, 1.165) is 29.2 Å². The maximum atomic E-state index is 6.20. The highest BCUT2D eigenvalue weighted by atomic mass is 35.5. The highest BCUT2D eigenvalue weighted by molar-refractivity contribution is 6.31. The first-order valence-corrected chi connectivity index (χ1v) is 6.13. The summed E-state index contributed by atoms with van der Waals surface area (Å²) in [7, 11) is 0. The van der Waals surface area contributed by atoms with Crippen molar-refractivity contribution in [2.45, 2.75) is 33.9 Å². The zero-order valence-electron chi connectivity index (χ0n) is 10.4. The lowest BCUT2D eigenvalue weighted by Crippen LogP contribution is -2.36. The average molecular weight is 248 g/mol. The summed E-state index contributed by atoms with van der Waals surface area (Å²) in [5, 5.41) is 0.761. The molecule has 1 aromatic carbocycles. The molecule has 0 spiro atoms. The van der Waals surface area contributed by atoms with Crippen molar-refractivity contribution in [3.05, 3.63) is 52.6 Å². The molecule has 0 radical (unpaired) electrons. The fourth-order valence-corrected chi connectivity index (χ4v) is 2.21. The molecule has 0 N–H and O–H groups in total. The Labute approximate surface area is 107 Å². The summed E-state index contributed by atoms with van der Waals surface area (Å²) < 4.78 is 4.41. The molecule has 0 aliphatic carbocycles. The Morgan fingerprint density at radius 2 is 2.18 bits per heavy atom. The maximum Gasteiger partial charge on any atom is 0.253 e. The van der Waals surface area contributed by atoms with Crippen LogP contribution < -0.4 is 4.57 Å². The van der Waals surface area contributed by atoms with Crippen molar-refractivity contribution < 1.29 is 4.57 Å². The minimum Gasteiger partial charge on any atom is -0.235 e. The Kier molecular flexibility index (Phi) is 3.40. The summed E-state index contributed by atoms with van der Waals surface area (Å²) in [6.07, 6.45) is 4.18. The van der Waals surface area contributed by atoms with E-state index in [1.807, 2.05) is 6.92 Å². The molecule has 0 amide bonds. The fraction of sp³-hybridized carbons (Fsp3) is 0.357. The van der Waals surface area contributed by atoms with Crippen LogP contribution >= 0.6 is 11.6 Å². The van der Waals surface area contributed by atoms with Crippen molar-refractivity contribution in [3.8, 4) is 0 Å². The summed E-state index contributed by atoms with van der Waals surface area (Å²) in [4.78, 5) is 0. The first-order chi connectivity index (χ1) is 8.13. The van der Waals surface area contributed by atoms with E-state index in [4.69, 9.17) is 11.6 Å². The number of hydrogen-bond donors (Lipinski definition) is 0. The summed E-state index contributed by atoms with van der Waals surface area (Å²) in [6.45, 7) is 8.05. The summed E-state index contributed by atoms with van der Waals surface area (Å²) >= 11 is 6.20. The first kappa shape index (κ1) is 12.0. The van der Waals surface area contributed by atoms with Gasteiger partial charge in [-0.25, -0.2) is 9.13 Å². The fourth-order valence-electron chi connectivity index (χ4n) is 1.96. The van der Waals surface area contributed by atoms with E-state index in [0.29, 0.717) is 0 Å². The molecule has 0 bridgehead atoms. The molecule has 2 aromatic rings. The van der Waals surface area contributed by atoms with Crippen LogP contribution in [0.2, 0.25) is 5.02 Å². The number of halogens is 1. The van der Waals surface area contributed by atoms with Gasteiger partial charge >= 0.3 is 0 Å². The van der Waals surface area contributed by atoms with Gasteiger partial charge in [-0.2, -0.15) is 0 Å². The van der Waals surface area contributed by atoms with E-state index in [2.05, 4.69) is 47.5 Å². The van der Waals surface area contributed by atoms with Crippen LogP contribution in [0, 0.1) is 26.0 Å². The van der Waals surface area contributed by atoms with Crippen LogP contribution in [-0.4, -0.2) is 4.57 Å². The second kappa shape index (κ2) is 4.81. The Hall–Kier alpha value is -1.46. The van der Waals surface area contributed by atoms with Crippen LogP contribution in [0.1, 0.15) is 23.9 Å². The van der Waals surface area contributed by atoms with Gasteiger partial charge in [0.15, 0.2) is 0 Å². The van der Waals surface area contributed by atoms with Gasteiger partial charge in [-0.15, -0.1) is 0 Å². The van der Waals surface area contributed by atoms with Crippen LogP contribution in [-0.2, 0) is 13.1 Å². The van der Waals surface area contributed by atoms with Gasteiger partial charge in [0.25, 0.3) is 5.82 Å². The molecule has 0 aliphatic heterocycles. The van der Waals surface area contributed by atoms with Gasteiger partial charge < -0.3 is 0 Å². The third-order valence-electron chi connectivity index (χ3n) is 3.13. The lowest BCUT2D eigenvalue weighted by atomic mass is 10.1. The standard InChI is InChI=1S/C14H16ClN2/c1-4-16-8-9-17(12(16)3)10-13-11(2)6-5-7-14(13)15/h7-9H,4,10H2,1-3H3/q+1. The van der Waals surface area contributed by atoms with Crippen molar-refractivity contribution in [2.24, 2.45) is 0 Å². The molecule has 17 heavy (non-hydrogen) atoms. The minimum absolute atomic E-state index is 0.761.